The van der Waals surface area contributed by atoms with E-state index in [2.05, 4.69) is 10.4 Å². The number of amides is 1. The van der Waals surface area contributed by atoms with Crippen LogP contribution in [0, 0.1) is 13.8 Å². The van der Waals surface area contributed by atoms with Gasteiger partial charge in [-0.3, -0.25) is 4.79 Å². The number of rotatable bonds is 6. The van der Waals surface area contributed by atoms with E-state index < -0.39 is 5.97 Å². The molecule has 1 aromatic carbocycles. The van der Waals surface area contributed by atoms with Crippen molar-refractivity contribution in [1.82, 2.24) is 15.1 Å². The molecule has 0 spiro atoms. The summed E-state index contributed by atoms with van der Waals surface area (Å²) in [7, 11) is 1.47. The van der Waals surface area contributed by atoms with Gasteiger partial charge in [-0.1, -0.05) is 41.4 Å². The molecule has 1 amide bonds. The zero-order chi connectivity index (χ0) is 18.4. The number of benzene rings is 1. The third-order valence-electron chi connectivity index (χ3n) is 3.57. The second-order valence-corrected chi connectivity index (χ2v) is 5.91. The Morgan fingerprint density at radius 2 is 1.96 bits per heavy atom. The van der Waals surface area contributed by atoms with E-state index in [0.29, 0.717) is 23.0 Å². The van der Waals surface area contributed by atoms with Crippen molar-refractivity contribution in [3.8, 4) is 0 Å². The van der Waals surface area contributed by atoms with E-state index in [-0.39, 0.29) is 12.5 Å². The van der Waals surface area contributed by atoms with E-state index in [0.717, 1.165) is 5.56 Å². The first kappa shape index (κ1) is 18.7. The molecule has 2 aromatic rings. The van der Waals surface area contributed by atoms with Gasteiger partial charge in [-0.25, -0.2) is 9.48 Å². The number of esters is 1. The van der Waals surface area contributed by atoms with E-state index in [9.17, 15) is 9.59 Å². The average molecular weight is 362 g/mol. The van der Waals surface area contributed by atoms with Gasteiger partial charge < -0.3 is 10.1 Å². The Morgan fingerprint density at radius 1 is 1.28 bits per heavy atom. The van der Waals surface area contributed by atoms with Crippen molar-refractivity contribution in [3.05, 3.63) is 57.9 Å². The van der Waals surface area contributed by atoms with E-state index >= 15 is 0 Å². The molecule has 0 aliphatic heterocycles. The van der Waals surface area contributed by atoms with Crippen LogP contribution in [0.25, 0.3) is 6.08 Å². The highest BCUT2D eigenvalue weighted by Gasteiger charge is 2.12. The molecule has 6 nitrogen and oxygen atoms in total. The maximum atomic E-state index is 11.6. The van der Waals surface area contributed by atoms with Crippen molar-refractivity contribution in [2.75, 3.05) is 13.7 Å². The predicted octanol–water partition coefficient (Wildman–Crippen LogP) is 2.50. The molecule has 1 heterocycles. The molecule has 0 aliphatic carbocycles. The summed E-state index contributed by atoms with van der Waals surface area (Å²) < 4.78 is 6.48. The second-order valence-electron chi connectivity index (χ2n) is 5.55. The maximum absolute atomic E-state index is 11.6. The van der Waals surface area contributed by atoms with Gasteiger partial charge in [-0.2, -0.15) is 5.10 Å². The lowest BCUT2D eigenvalue weighted by atomic mass is 10.1. The zero-order valence-electron chi connectivity index (χ0n) is 14.4. The minimum atomic E-state index is -0.620. The molecule has 0 bridgehead atoms. The van der Waals surface area contributed by atoms with Gasteiger partial charge in [0.2, 0.25) is 0 Å². The van der Waals surface area contributed by atoms with Gasteiger partial charge in [0.1, 0.15) is 5.15 Å². The van der Waals surface area contributed by atoms with Crippen molar-refractivity contribution in [3.63, 3.8) is 0 Å². The smallest absolute Gasteiger partial charge is 0.331 e. The first-order chi connectivity index (χ1) is 11.9. The van der Waals surface area contributed by atoms with Crippen LogP contribution in [-0.2, 0) is 20.9 Å². The molecule has 0 unspecified atom stereocenters. The number of aryl methyl sites for hydroxylation is 2. The highest BCUT2D eigenvalue weighted by molar-refractivity contribution is 6.31. The second kappa shape index (κ2) is 8.48. The summed E-state index contributed by atoms with van der Waals surface area (Å²) in [4.78, 5) is 22.7. The van der Waals surface area contributed by atoms with Crippen molar-refractivity contribution < 1.29 is 14.3 Å². The van der Waals surface area contributed by atoms with Crippen molar-refractivity contribution >= 4 is 29.6 Å². The molecule has 25 heavy (non-hydrogen) atoms. The Kier molecular flexibility index (Phi) is 6.36. The summed E-state index contributed by atoms with van der Waals surface area (Å²) in [5, 5.41) is 7.22. The molecule has 0 fully saturated rings. The Bertz CT molecular complexity index is 795. The molecule has 1 N–H and O–H groups in total. The Morgan fingerprint density at radius 3 is 2.60 bits per heavy atom. The monoisotopic (exact) mass is 361 g/mol. The number of ether oxygens (including phenoxy) is 1. The van der Waals surface area contributed by atoms with E-state index in [4.69, 9.17) is 16.3 Å². The van der Waals surface area contributed by atoms with Crippen LogP contribution in [0.1, 0.15) is 22.4 Å². The Hall–Kier alpha value is -2.60. The molecule has 0 saturated carbocycles. The summed E-state index contributed by atoms with van der Waals surface area (Å²) >= 11 is 6.38. The lowest BCUT2D eigenvalue weighted by molar-refractivity contribution is -0.143. The minimum absolute atomic E-state index is 0.320. The SMILES string of the molecule is CNC(=O)COC(=O)C=Cc1c(C)nn(Cc2ccc(C)cc2)c1Cl. The number of carbonyl (C=O) groups excluding carboxylic acids is 2. The minimum Gasteiger partial charge on any atom is -0.452 e. The topological polar surface area (TPSA) is 73.2 Å². The fourth-order valence-corrected chi connectivity index (χ4v) is 2.43. The van der Waals surface area contributed by atoms with Gasteiger partial charge in [-0.15, -0.1) is 0 Å². The summed E-state index contributed by atoms with van der Waals surface area (Å²) in [6.07, 6.45) is 2.78. The summed E-state index contributed by atoms with van der Waals surface area (Å²) in [5.74, 6) is -0.993. The molecule has 0 atom stereocenters. The first-order valence-corrected chi connectivity index (χ1v) is 8.12. The molecular weight excluding hydrogens is 342 g/mol. The molecular formula is C18H20ClN3O3. The Balaban J connectivity index is 2.08. The fraction of sp³-hybridized carbons (Fsp3) is 0.278. The fourth-order valence-electron chi connectivity index (χ4n) is 2.14. The quantitative estimate of drug-likeness (QED) is 0.633. The number of hydrogen-bond acceptors (Lipinski definition) is 4. The van der Waals surface area contributed by atoms with Gasteiger partial charge >= 0.3 is 5.97 Å². The summed E-state index contributed by atoms with van der Waals surface area (Å²) in [6.45, 7) is 4.06. The normalized spacial score (nSPS) is 10.9. The zero-order valence-corrected chi connectivity index (χ0v) is 15.1. The lowest BCUT2D eigenvalue weighted by Crippen LogP contribution is -2.24. The molecule has 7 heteroatoms. The highest BCUT2D eigenvalue weighted by Crippen LogP contribution is 2.22. The Labute approximate surface area is 151 Å². The van der Waals surface area contributed by atoms with Crippen molar-refractivity contribution in [1.29, 1.82) is 0 Å². The molecule has 1 aromatic heterocycles. The molecule has 2 rings (SSSR count). The molecule has 0 aliphatic rings. The summed E-state index contributed by atoms with van der Waals surface area (Å²) in [6, 6.07) is 8.11. The van der Waals surface area contributed by atoms with Gasteiger partial charge in [0, 0.05) is 18.7 Å². The van der Waals surface area contributed by atoms with Crippen LogP contribution in [0.4, 0.5) is 0 Å². The number of halogens is 1. The van der Waals surface area contributed by atoms with Gasteiger partial charge in [0.25, 0.3) is 5.91 Å². The standard InChI is InChI=1S/C18H20ClN3O3/c1-12-4-6-14(7-5-12)10-22-18(19)15(13(2)21-22)8-9-17(24)25-11-16(23)20-3/h4-9H,10-11H2,1-3H3,(H,20,23). The lowest BCUT2D eigenvalue weighted by Gasteiger charge is -2.04. The van der Waals surface area contributed by atoms with Gasteiger partial charge in [-0.05, 0) is 25.5 Å². The van der Waals surface area contributed by atoms with Crippen LogP contribution >= 0.6 is 11.6 Å². The molecule has 132 valence electrons. The van der Waals surface area contributed by atoms with Crippen molar-refractivity contribution in [2.24, 2.45) is 0 Å². The van der Waals surface area contributed by atoms with E-state index in [1.165, 1.54) is 18.7 Å². The van der Waals surface area contributed by atoms with Crippen LogP contribution < -0.4 is 5.32 Å². The number of likely N-dealkylation sites (N-methyl/N-ethyl adjacent to an activating group) is 1. The van der Waals surface area contributed by atoms with Crippen LogP contribution in [-0.4, -0.2) is 35.3 Å². The number of nitrogens with one attached hydrogen (secondary N) is 1. The number of nitrogens with zero attached hydrogens (tertiary/aromatic N) is 2. The summed E-state index contributed by atoms with van der Waals surface area (Å²) in [5.41, 5.74) is 3.61. The van der Waals surface area contributed by atoms with Crippen LogP contribution in [0.15, 0.2) is 30.3 Å². The highest BCUT2D eigenvalue weighted by atomic mass is 35.5. The predicted molar refractivity (Wildman–Crippen MR) is 96.3 cm³/mol. The number of hydrogen-bond donors (Lipinski definition) is 1. The van der Waals surface area contributed by atoms with Gasteiger partial charge in [0.05, 0.1) is 12.2 Å². The third kappa shape index (κ3) is 5.19. The van der Waals surface area contributed by atoms with Crippen LogP contribution in [0.2, 0.25) is 5.15 Å². The maximum Gasteiger partial charge on any atom is 0.331 e. The van der Waals surface area contributed by atoms with E-state index in [1.54, 1.807) is 10.8 Å². The third-order valence-corrected chi connectivity index (χ3v) is 3.97. The first-order valence-electron chi connectivity index (χ1n) is 7.74. The molecule has 0 radical (unpaired) electrons. The van der Waals surface area contributed by atoms with E-state index in [1.807, 2.05) is 38.1 Å². The number of aromatic nitrogens is 2. The van der Waals surface area contributed by atoms with Crippen molar-refractivity contribution in [2.45, 2.75) is 20.4 Å². The number of carbonyl (C=O) groups is 2. The largest absolute Gasteiger partial charge is 0.452 e. The van der Waals surface area contributed by atoms with Gasteiger partial charge in [0.15, 0.2) is 6.61 Å². The molecule has 0 saturated heterocycles. The average Bonchev–Trinajstić information content (AvgIpc) is 2.86. The van der Waals surface area contributed by atoms with Crippen LogP contribution in [0.5, 0.6) is 0 Å². The van der Waals surface area contributed by atoms with Crippen LogP contribution in [0.3, 0.4) is 0 Å².